The number of thiophene rings is 1. The quantitative estimate of drug-likeness (QED) is 0.929. The minimum atomic E-state index is 0.126. The molecule has 2 rings (SSSR count). The Morgan fingerprint density at radius 2 is 2.22 bits per heavy atom. The van der Waals surface area contributed by atoms with Crippen molar-refractivity contribution in [2.24, 2.45) is 0 Å². The number of nitrogens with one attached hydrogen (secondary N) is 1. The van der Waals surface area contributed by atoms with Gasteiger partial charge in [0.1, 0.15) is 0 Å². The third kappa shape index (κ3) is 3.93. The fourth-order valence-corrected chi connectivity index (χ4v) is 3.02. The van der Waals surface area contributed by atoms with Gasteiger partial charge in [0.05, 0.1) is 12.2 Å². The first-order chi connectivity index (χ1) is 8.44. The van der Waals surface area contributed by atoms with Crippen LogP contribution in [0.25, 0.3) is 0 Å². The van der Waals surface area contributed by atoms with Crippen molar-refractivity contribution in [3.8, 4) is 0 Å². The molecule has 0 radical (unpaired) electrons. The molecule has 0 saturated carbocycles. The summed E-state index contributed by atoms with van der Waals surface area (Å²) in [4.78, 5) is 1.31. The molecule has 0 unspecified atom stereocenters. The molecule has 0 fully saturated rings. The maximum Gasteiger partial charge on any atom is 0.0756 e. The molecule has 3 nitrogen and oxygen atoms in total. The second-order valence-electron chi connectivity index (χ2n) is 5.31. The van der Waals surface area contributed by atoms with Crippen LogP contribution in [-0.4, -0.2) is 15.3 Å². The standard InChI is InChI=1S/C13H18BrN3S/c1-13(2,3)15-7-11-4-5-16-17(11)8-12-6-10(14)9-18-12/h4-6,9,15H,7-8H2,1-3H3. The highest BCUT2D eigenvalue weighted by Crippen LogP contribution is 2.20. The summed E-state index contributed by atoms with van der Waals surface area (Å²) in [6.07, 6.45) is 1.86. The lowest BCUT2D eigenvalue weighted by atomic mass is 10.1. The summed E-state index contributed by atoms with van der Waals surface area (Å²) in [6, 6.07) is 4.22. The predicted octanol–water partition coefficient (Wildman–Crippen LogP) is 3.64. The molecule has 0 aromatic carbocycles. The van der Waals surface area contributed by atoms with E-state index in [1.165, 1.54) is 10.6 Å². The van der Waals surface area contributed by atoms with Crippen LogP contribution in [0.5, 0.6) is 0 Å². The molecule has 0 aliphatic rings. The molecule has 18 heavy (non-hydrogen) atoms. The van der Waals surface area contributed by atoms with Crippen LogP contribution in [0, 0.1) is 0 Å². The number of nitrogens with zero attached hydrogens (tertiary/aromatic N) is 2. The normalized spacial score (nSPS) is 12.0. The van der Waals surface area contributed by atoms with Crippen molar-refractivity contribution in [2.75, 3.05) is 0 Å². The number of hydrogen-bond acceptors (Lipinski definition) is 3. The summed E-state index contributed by atoms with van der Waals surface area (Å²) in [5.41, 5.74) is 1.34. The SMILES string of the molecule is CC(C)(C)NCc1ccnn1Cc1cc(Br)cs1. The molecule has 2 aromatic heterocycles. The van der Waals surface area contributed by atoms with Crippen LogP contribution in [-0.2, 0) is 13.1 Å². The smallest absolute Gasteiger partial charge is 0.0756 e. The topological polar surface area (TPSA) is 29.9 Å². The summed E-state index contributed by atoms with van der Waals surface area (Å²) in [7, 11) is 0. The highest BCUT2D eigenvalue weighted by molar-refractivity contribution is 9.10. The summed E-state index contributed by atoms with van der Waals surface area (Å²) in [5, 5.41) is 9.98. The predicted molar refractivity (Wildman–Crippen MR) is 79.9 cm³/mol. The lowest BCUT2D eigenvalue weighted by molar-refractivity contribution is 0.414. The van der Waals surface area contributed by atoms with Gasteiger partial charge in [0, 0.05) is 33.0 Å². The lowest BCUT2D eigenvalue weighted by Gasteiger charge is -2.20. The van der Waals surface area contributed by atoms with Crippen molar-refractivity contribution >= 4 is 27.3 Å². The van der Waals surface area contributed by atoms with Gasteiger partial charge in [0.25, 0.3) is 0 Å². The summed E-state index contributed by atoms with van der Waals surface area (Å²) < 4.78 is 3.20. The van der Waals surface area contributed by atoms with Gasteiger partial charge in [0.2, 0.25) is 0 Å². The third-order valence-corrected chi connectivity index (χ3v) is 4.21. The maximum atomic E-state index is 4.39. The van der Waals surface area contributed by atoms with E-state index in [1.54, 1.807) is 11.3 Å². The Morgan fingerprint density at radius 1 is 1.44 bits per heavy atom. The van der Waals surface area contributed by atoms with E-state index in [1.807, 2.05) is 6.20 Å². The van der Waals surface area contributed by atoms with Crippen molar-refractivity contribution in [3.63, 3.8) is 0 Å². The fraction of sp³-hybridized carbons (Fsp3) is 0.462. The van der Waals surface area contributed by atoms with Crippen LogP contribution in [0.1, 0.15) is 31.3 Å². The Balaban J connectivity index is 2.03. The van der Waals surface area contributed by atoms with Crippen molar-refractivity contribution in [2.45, 2.75) is 39.4 Å². The van der Waals surface area contributed by atoms with Gasteiger partial charge in [-0.25, -0.2) is 0 Å². The van der Waals surface area contributed by atoms with Gasteiger partial charge in [-0.05, 0) is 48.8 Å². The van der Waals surface area contributed by atoms with E-state index in [-0.39, 0.29) is 5.54 Å². The highest BCUT2D eigenvalue weighted by atomic mass is 79.9. The van der Waals surface area contributed by atoms with Gasteiger partial charge in [-0.1, -0.05) is 0 Å². The van der Waals surface area contributed by atoms with E-state index < -0.39 is 0 Å². The van der Waals surface area contributed by atoms with Gasteiger partial charge in [-0.3, -0.25) is 4.68 Å². The van der Waals surface area contributed by atoms with Gasteiger partial charge >= 0.3 is 0 Å². The van der Waals surface area contributed by atoms with Crippen LogP contribution < -0.4 is 5.32 Å². The number of hydrogen-bond donors (Lipinski definition) is 1. The van der Waals surface area contributed by atoms with E-state index >= 15 is 0 Å². The van der Waals surface area contributed by atoms with E-state index in [0.717, 1.165) is 17.6 Å². The van der Waals surface area contributed by atoms with Crippen LogP contribution in [0.3, 0.4) is 0 Å². The zero-order valence-electron chi connectivity index (χ0n) is 10.9. The lowest BCUT2D eigenvalue weighted by Crippen LogP contribution is -2.35. The number of rotatable bonds is 4. The molecule has 2 heterocycles. The first-order valence-electron chi connectivity index (χ1n) is 5.93. The average Bonchev–Trinajstić information content (AvgIpc) is 2.85. The molecular weight excluding hydrogens is 310 g/mol. The Labute approximate surface area is 120 Å². The molecule has 0 aliphatic carbocycles. The summed E-state index contributed by atoms with van der Waals surface area (Å²) in [6.45, 7) is 8.19. The zero-order chi connectivity index (χ0) is 13.2. The molecule has 0 aliphatic heterocycles. The van der Waals surface area contributed by atoms with Crippen molar-refractivity contribution < 1.29 is 0 Å². The maximum absolute atomic E-state index is 4.39. The first-order valence-corrected chi connectivity index (χ1v) is 7.60. The van der Waals surface area contributed by atoms with Gasteiger partial charge in [0.15, 0.2) is 0 Å². The highest BCUT2D eigenvalue weighted by Gasteiger charge is 2.11. The average molecular weight is 328 g/mol. The van der Waals surface area contributed by atoms with Gasteiger partial charge < -0.3 is 5.32 Å². The first kappa shape index (κ1) is 13.8. The third-order valence-electron chi connectivity index (χ3n) is 2.53. The Bertz CT molecular complexity index is 510. The molecule has 0 bridgehead atoms. The molecule has 0 saturated heterocycles. The van der Waals surface area contributed by atoms with E-state index in [9.17, 15) is 0 Å². The number of aromatic nitrogens is 2. The molecular formula is C13H18BrN3S. The molecule has 5 heteroatoms. The van der Waals surface area contributed by atoms with Crippen LogP contribution in [0.15, 0.2) is 28.2 Å². The molecule has 2 aromatic rings. The molecule has 0 amide bonds. The second kappa shape index (κ2) is 5.55. The van der Waals surface area contributed by atoms with Crippen molar-refractivity contribution in [1.29, 1.82) is 0 Å². The summed E-state index contributed by atoms with van der Waals surface area (Å²) >= 11 is 5.23. The van der Waals surface area contributed by atoms with E-state index in [4.69, 9.17) is 0 Å². The van der Waals surface area contributed by atoms with E-state index in [2.05, 4.69) is 69.3 Å². The zero-order valence-corrected chi connectivity index (χ0v) is 13.3. The minimum absolute atomic E-state index is 0.126. The van der Waals surface area contributed by atoms with Crippen LogP contribution in [0.2, 0.25) is 0 Å². The van der Waals surface area contributed by atoms with Crippen LogP contribution in [0.4, 0.5) is 0 Å². The Kier molecular flexibility index (Phi) is 4.25. The monoisotopic (exact) mass is 327 g/mol. The minimum Gasteiger partial charge on any atom is -0.306 e. The second-order valence-corrected chi connectivity index (χ2v) is 7.23. The molecule has 0 atom stereocenters. The van der Waals surface area contributed by atoms with E-state index in [0.29, 0.717) is 0 Å². The van der Waals surface area contributed by atoms with Gasteiger partial charge in [-0.15, -0.1) is 11.3 Å². The molecule has 1 N–H and O–H groups in total. The van der Waals surface area contributed by atoms with Crippen molar-refractivity contribution in [1.82, 2.24) is 15.1 Å². The molecule has 0 spiro atoms. The van der Waals surface area contributed by atoms with Crippen molar-refractivity contribution in [3.05, 3.63) is 38.8 Å². The fourth-order valence-electron chi connectivity index (χ4n) is 1.59. The van der Waals surface area contributed by atoms with Gasteiger partial charge in [-0.2, -0.15) is 5.10 Å². The molecule has 98 valence electrons. The Morgan fingerprint density at radius 3 is 2.83 bits per heavy atom. The Hall–Kier alpha value is -0.650. The summed E-state index contributed by atoms with van der Waals surface area (Å²) in [5.74, 6) is 0. The number of halogens is 1. The largest absolute Gasteiger partial charge is 0.306 e. The van der Waals surface area contributed by atoms with Crippen LogP contribution >= 0.6 is 27.3 Å².